The molecule has 3 heteroatoms. The van der Waals surface area contributed by atoms with Crippen molar-refractivity contribution in [1.82, 2.24) is 0 Å². The van der Waals surface area contributed by atoms with Crippen molar-refractivity contribution in [3.8, 4) is 0 Å². The Bertz CT molecular complexity index is 276. The van der Waals surface area contributed by atoms with Crippen LogP contribution in [0.15, 0.2) is 0 Å². The van der Waals surface area contributed by atoms with Gasteiger partial charge in [0.05, 0.1) is 6.10 Å². The maximum Gasteiger partial charge on any atom is 0.146 e. The summed E-state index contributed by atoms with van der Waals surface area (Å²) in [6.45, 7) is 0.334. The van der Waals surface area contributed by atoms with E-state index in [4.69, 9.17) is 9.47 Å². The molecule has 15 heavy (non-hydrogen) atoms. The van der Waals surface area contributed by atoms with Gasteiger partial charge in [-0.05, 0) is 37.5 Å². The van der Waals surface area contributed by atoms with Gasteiger partial charge in [0.25, 0.3) is 0 Å². The lowest BCUT2D eigenvalue weighted by atomic mass is 9.54. The van der Waals surface area contributed by atoms with E-state index in [1.165, 1.54) is 6.42 Å². The maximum absolute atomic E-state index is 12.0. The van der Waals surface area contributed by atoms with Gasteiger partial charge in [-0.15, -0.1) is 0 Å². The molecule has 0 saturated heterocycles. The Morgan fingerprint density at radius 1 is 1.27 bits per heavy atom. The predicted molar refractivity (Wildman–Crippen MR) is 54.2 cm³/mol. The molecule has 0 radical (unpaired) electrons. The summed E-state index contributed by atoms with van der Waals surface area (Å²) in [7, 11) is 1.64. The molecular formula is C12H18O3. The lowest BCUT2D eigenvalue weighted by Crippen LogP contribution is -2.55. The average molecular weight is 210 g/mol. The monoisotopic (exact) mass is 210 g/mol. The van der Waals surface area contributed by atoms with E-state index in [0.717, 1.165) is 25.2 Å². The van der Waals surface area contributed by atoms with Crippen LogP contribution >= 0.6 is 0 Å². The van der Waals surface area contributed by atoms with Crippen molar-refractivity contribution in [1.29, 1.82) is 0 Å². The molecular weight excluding hydrogens is 192 g/mol. The minimum Gasteiger partial charge on any atom is -0.359 e. The Morgan fingerprint density at radius 2 is 2.13 bits per heavy atom. The molecule has 4 aliphatic rings. The lowest BCUT2D eigenvalue weighted by Gasteiger charge is -2.52. The number of hydrogen-bond acceptors (Lipinski definition) is 3. The van der Waals surface area contributed by atoms with Crippen LogP contribution in [0.25, 0.3) is 0 Å². The van der Waals surface area contributed by atoms with Gasteiger partial charge < -0.3 is 9.47 Å². The third-order valence-corrected chi connectivity index (χ3v) is 4.44. The number of ether oxygens (including phenoxy) is 2. The fourth-order valence-electron chi connectivity index (χ4n) is 3.98. The zero-order chi connectivity index (χ0) is 10.4. The summed E-state index contributed by atoms with van der Waals surface area (Å²) < 4.78 is 10.6. The summed E-state index contributed by atoms with van der Waals surface area (Å²) in [6.07, 6.45) is 4.73. The molecule has 5 atom stereocenters. The number of methoxy groups -OCH3 is 1. The number of carbonyl (C=O) groups excluding carboxylic acids is 1. The van der Waals surface area contributed by atoms with Gasteiger partial charge in [0.1, 0.15) is 12.6 Å². The molecule has 4 fully saturated rings. The van der Waals surface area contributed by atoms with Gasteiger partial charge in [0.2, 0.25) is 0 Å². The molecule has 0 aromatic rings. The van der Waals surface area contributed by atoms with Gasteiger partial charge in [-0.3, -0.25) is 4.79 Å². The van der Waals surface area contributed by atoms with Gasteiger partial charge in [0, 0.05) is 18.9 Å². The number of ketones is 1. The van der Waals surface area contributed by atoms with Crippen molar-refractivity contribution in [3.05, 3.63) is 0 Å². The third-order valence-electron chi connectivity index (χ3n) is 4.44. The second-order valence-electron chi connectivity index (χ2n) is 5.31. The van der Waals surface area contributed by atoms with Gasteiger partial charge in [-0.2, -0.15) is 0 Å². The molecule has 4 saturated carbocycles. The molecule has 84 valence electrons. The molecule has 4 aliphatic carbocycles. The fraction of sp³-hybridized carbons (Fsp3) is 0.917. The van der Waals surface area contributed by atoms with Crippen molar-refractivity contribution in [2.75, 3.05) is 13.9 Å². The number of Topliss-reactive ketones (excluding diaryl/α,β-unsaturated/α-hetero) is 1. The summed E-state index contributed by atoms with van der Waals surface area (Å²) in [4.78, 5) is 12.0. The average Bonchev–Trinajstić information content (AvgIpc) is 2.24. The fourth-order valence-corrected chi connectivity index (χ4v) is 3.98. The van der Waals surface area contributed by atoms with E-state index in [0.29, 0.717) is 24.4 Å². The first-order valence-electron chi connectivity index (χ1n) is 5.94. The number of carbonyl (C=O) groups is 1. The summed E-state index contributed by atoms with van der Waals surface area (Å²) in [5.41, 5.74) is 0. The van der Waals surface area contributed by atoms with E-state index in [9.17, 15) is 4.79 Å². The Kier molecular flexibility index (Phi) is 2.33. The molecule has 0 amide bonds. The Hall–Kier alpha value is -0.410. The second kappa shape index (κ2) is 3.56. The van der Waals surface area contributed by atoms with Gasteiger partial charge in [0.15, 0.2) is 0 Å². The Labute approximate surface area is 90.1 Å². The smallest absolute Gasteiger partial charge is 0.146 e. The van der Waals surface area contributed by atoms with Gasteiger partial charge in [-0.25, -0.2) is 0 Å². The SMILES string of the molecule is COCOC1C2CC3CC(C2)C(=O)C1C3. The van der Waals surface area contributed by atoms with Crippen molar-refractivity contribution < 1.29 is 14.3 Å². The van der Waals surface area contributed by atoms with E-state index in [1.807, 2.05) is 0 Å². The van der Waals surface area contributed by atoms with Crippen molar-refractivity contribution in [2.24, 2.45) is 23.7 Å². The highest BCUT2D eigenvalue weighted by molar-refractivity contribution is 5.86. The van der Waals surface area contributed by atoms with Crippen LogP contribution in [0.3, 0.4) is 0 Å². The molecule has 5 unspecified atom stereocenters. The largest absolute Gasteiger partial charge is 0.359 e. The summed E-state index contributed by atoms with van der Waals surface area (Å²) in [5, 5.41) is 0. The van der Waals surface area contributed by atoms with Crippen LogP contribution in [-0.2, 0) is 14.3 Å². The van der Waals surface area contributed by atoms with Crippen LogP contribution < -0.4 is 0 Å². The highest BCUT2D eigenvalue weighted by Crippen LogP contribution is 2.52. The molecule has 0 N–H and O–H groups in total. The topological polar surface area (TPSA) is 35.5 Å². The molecule has 0 aromatic carbocycles. The standard InChI is InChI=1S/C12H18O3/c1-14-6-15-12-9-3-7-2-8(5-9)11(13)10(12)4-7/h7-10,12H,2-6H2,1H3. The molecule has 0 spiro atoms. The first kappa shape index (κ1) is 9.79. The number of rotatable bonds is 3. The predicted octanol–water partition coefficient (Wildman–Crippen LogP) is 1.61. The Balaban J connectivity index is 1.77. The first-order chi connectivity index (χ1) is 7.29. The quantitative estimate of drug-likeness (QED) is 0.664. The second-order valence-corrected chi connectivity index (χ2v) is 5.31. The Morgan fingerprint density at radius 3 is 2.93 bits per heavy atom. The summed E-state index contributed by atoms with van der Waals surface area (Å²) in [5.74, 6) is 2.47. The molecule has 0 aromatic heterocycles. The minimum absolute atomic E-state index is 0.158. The van der Waals surface area contributed by atoms with Crippen LogP contribution in [0, 0.1) is 23.7 Å². The molecule has 0 heterocycles. The van der Waals surface area contributed by atoms with Crippen LogP contribution in [0.2, 0.25) is 0 Å². The molecule has 0 aliphatic heterocycles. The zero-order valence-electron chi connectivity index (χ0n) is 9.15. The van der Waals surface area contributed by atoms with Crippen LogP contribution in [0.1, 0.15) is 25.7 Å². The molecule has 3 nitrogen and oxygen atoms in total. The van der Waals surface area contributed by atoms with Crippen LogP contribution in [0.5, 0.6) is 0 Å². The van der Waals surface area contributed by atoms with Crippen molar-refractivity contribution in [2.45, 2.75) is 31.8 Å². The third kappa shape index (κ3) is 1.44. The van der Waals surface area contributed by atoms with E-state index >= 15 is 0 Å². The minimum atomic E-state index is 0.158. The van der Waals surface area contributed by atoms with Crippen LogP contribution in [-0.4, -0.2) is 25.8 Å². The van der Waals surface area contributed by atoms with E-state index < -0.39 is 0 Å². The van der Waals surface area contributed by atoms with E-state index in [2.05, 4.69) is 0 Å². The lowest BCUT2D eigenvalue weighted by molar-refractivity contribution is -0.178. The number of hydrogen-bond donors (Lipinski definition) is 0. The molecule has 4 rings (SSSR count). The summed E-state index contributed by atoms with van der Waals surface area (Å²) >= 11 is 0. The van der Waals surface area contributed by atoms with Gasteiger partial charge in [-0.1, -0.05) is 0 Å². The van der Waals surface area contributed by atoms with Gasteiger partial charge >= 0.3 is 0 Å². The van der Waals surface area contributed by atoms with E-state index in [1.54, 1.807) is 7.11 Å². The highest BCUT2D eigenvalue weighted by Gasteiger charge is 2.53. The van der Waals surface area contributed by atoms with Crippen LogP contribution in [0.4, 0.5) is 0 Å². The summed E-state index contributed by atoms with van der Waals surface area (Å²) in [6, 6.07) is 0. The maximum atomic E-state index is 12.0. The zero-order valence-corrected chi connectivity index (χ0v) is 9.15. The van der Waals surface area contributed by atoms with E-state index in [-0.39, 0.29) is 12.0 Å². The first-order valence-corrected chi connectivity index (χ1v) is 5.94. The molecule has 4 bridgehead atoms. The van der Waals surface area contributed by atoms with Crippen molar-refractivity contribution >= 4 is 5.78 Å². The van der Waals surface area contributed by atoms with Crippen molar-refractivity contribution in [3.63, 3.8) is 0 Å². The normalized spacial score (nSPS) is 47.5. The highest BCUT2D eigenvalue weighted by atomic mass is 16.7.